The predicted octanol–water partition coefficient (Wildman–Crippen LogP) is 3.85. The molecule has 3 rings (SSSR count). The minimum Gasteiger partial charge on any atom is -0.481 e. The van der Waals surface area contributed by atoms with Crippen molar-refractivity contribution < 1.29 is 18.3 Å². The molecule has 5 atom stereocenters. The summed E-state index contributed by atoms with van der Waals surface area (Å²) in [6, 6.07) is 9.46. The lowest BCUT2D eigenvalue weighted by atomic mass is 9.83. The molecule has 5 nitrogen and oxygen atoms in total. The Kier molecular flexibility index (Phi) is 6.86. The number of unbranched alkanes of at least 4 members (excludes halogenated alkanes) is 1. The lowest BCUT2D eigenvalue weighted by Gasteiger charge is -2.30. The molecule has 0 saturated heterocycles. The number of rotatable bonds is 10. The number of fused-ring (bicyclic) bond motifs is 2. The first kappa shape index (κ1) is 19.1. The molecule has 2 aliphatic rings. The molecule has 0 aliphatic heterocycles. The molecule has 1 aromatic rings. The number of benzene rings is 1. The van der Waals surface area contributed by atoms with Crippen LogP contribution in [0.5, 0.6) is 5.75 Å². The van der Waals surface area contributed by atoms with Gasteiger partial charge < -0.3 is 9.29 Å². The van der Waals surface area contributed by atoms with Gasteiger partial charge in [-0.05, 0) is 68.4 Å². The maximum absolute atomic E-state index is 12.4. The quantitative estimate of drug-likeness (QED) is 0.480. The molecule has 2 unspecified atom stereocenters. The molecular weight excluding hydrogens is 350 g/mol. The van der Waals surface area contributed by atoms with E-state index in [0.717, 1.165) is 12.8 Å². The first-order valence-corrected chi connectivity index (χ1v) is 10.5. The Bertz CT molecular complexity index is 648. The SMILES string of the molecule is O=C(O)CCC/C=C\C[C@@H]1C(NS(=O)Oc2ccccc2)[C@H]2CC[C@@H]1C2. The molecule has 142 valence electrons. The van der Waals surface area contributed by atoms with E-state index in [-0.39, 0.29) is 12.5 Å². The van der Waals surface area contributed by atoms with Gasteiger partial charge in [-0.1, -0.05) is 30.4 Å². The Morgan fingerprint density at radius 1 is 1.23 bits per heavy atom. The summed E-state index contributed by atoms with van der Waals surface area (Å²) in [5.74, 6) is 1.62. The molecule has 2 N–H and O–H groups in total. The van der Waals surface area contributed by atoms with Crippen molar-refractivity contribution in [2.45, 2.75) is 51.0 Å². The van der Waals surface area contributed by atoms with Crippen molar-refractivity contribution in [2.75, 3.05) is 0 Å². The van der Waals surface area contributed by atoms with E-state index in [2.05, 4.69) is 16.9 Å². The van der Waals surface area contributed by atoms with Gasteiger partial charge in [0.2, 0.25) is 0 Å². The normalized spacial score (nSPS) is 28.5. The second-order valence-corrected chi connectivity index (χ2v) is 8.14. The highest BCUT2D eigenvalue weighted by molar-refractivity contribution is 7.78. The fraction of sp³-hybridized carbons (Fsp3) is 0.550. The fourth-order valence-electron chi connectivity index (χ4n) is 4.37. The summed E-state index contributed by atoms with van der Waals surface area (Å²) in [5, 5.41) is 8.67. The van der Waals surface area contributed by atoms with Gasteiger partial charge in [0.1, 0.15) is 5.75 Å². The van der Waals surface area contributed by atoms with Gasteiger partial charge in [-0.25, -0.2) is 4.72 Å². The van der Waals surface area contributed by atoms with Crippen molar-refractivity contribution in [3.63, 3.8) is 0 Å². The third-order valence-electron chi connectivity index (χ3n) is 5.57. The number of nitrogens with one attached hydrogen (secondary N) is 1. The average molecular weight is 378 g/mol. The van der Waals surface area contributed by atoms with Crippen LogP contribution in [0.3, 0.4) is 0 Å². The number of allylic oxidation sites excluding steroid dienone is 2. The first-order valence-electron chi connectivity index (χ1n) is 9.41. The Hall–Kier alpha value is -1.66. The molecule has 0 spiro atoms. The van der Waals surface area contributed by atoms with Crippen molar-refractivity contribution in [1.29, 1.82) is 0 Å². The molecule has 2 bridgehead atoms. The summed E-state index contributed by atoms with van der Waals surface area (Å²) >= 11 is -1.54. The minimum absolute atomic E-state index is 0.221. The third kappa shape index (κ3) is 5.17. The zero-order valence-electron chi connectivity index (χ0n) is 14.9. The van der Waals surface area contributed by atoms with Gasteiger partial charge in [-0.2, -0.15) is 4.21 Å². The number of hydrogen-bond acceptors (Lipinski definition) is 3. The van der Waals surface area contributed by atoms with Crippen LogP contribution in [0.25, 0.3) is 0 Å². The molecule has 2 fully saturated rings. The van der Waals surface area contributed by atoms with E-state index >= 15 is 0 Å². The zero-order valence-corrected chi connectivity index (χ0v) is 15.7. The highest BCUT2D eigenvalue weighted by Crippen LogP contribution is 2.50. The van der Waals surface area contributed by atoms with Crippen LogP contribution in [0, 0.1) is 17.8 Å². The van der Waals surface area contributed by atoms with Gasteiger partial charge in [0.05, 0.1) is 0 Å². The zero-order chi connectivity index (χ0) is 18.4. The van der Waals surface area contributed by atoms with Gasteiger partial charge in [-0.3, -0.25) is 4.79 Å². The van der Waals surface area contributed by atoms with E-state index in [1.165, 1.54) is 19.3 Å². The van der Waals surface area contributed by atoms with Crippen molar-refractivity contribution >= 4 is 17.2 Å². The number of carbonyl (C=O) groups is 1. The van der Waals surface area contributed by atoms with E-state index < -0.39 is 17.2 Å². The summed E-state index contributed by atoms with van der Waals surface area (Å²) in [6.07, 6.45) is 10.6. The highest BCUT2D eigenvalue weighted by atomic mass is 32.2. The minimum atomic E-state index is -1.54. The molecule has 6 heteroatoms. The van der Waals surface area contributed by atoms with E-state index in [1.54, 1.807) is 12.1 Å². The van der Waals surface area contributed by atoms with E-state index in [0.29, 0.717) is 29.9 Å². The second kappa shape index (κ2) is 9.33. The maximum Gasteiger partial charge on any atom is 0.303 e. The topological polar surface area (TPSA) is 75.6 Å². The molecular formula is C20H27NO4S. The largest absolute Gasteiger partial charge is 0.481 e. The number of carboxylic acid groups (broad SMARTS) is 1. The molecule has 0 amide bonds. The van der Waals surface area contributed by atoms with Gasteiger partial charge >= 0.3 is 5.97 Å². The summed E-state index contributed by atoms with van der Waals surface area (Å²) < 4.78 is 21.1. The standard InChI is InChI=1S/C20H27NO4S/c22-19(23)11-7-2-1-6-10-18-15-12-13-16(14-15)20(18)21-26(24)25-17-8-4-3-5-9-17/h1,3-6,8-9,15-16,18,20-21H,2,7,10-14H2,(H,22,23)/b6-1-/t15-,16+,18+,20?,26?/m1/s1. The van der Waals surface area contributed by atoms with Crippen LogP contribution in [0.15, 0.2) is 42.5 Å². The Morgan fingerprint density at radius 2 is 2.00 bits per heavy atom. The lowest BCUT2D eigenvalue weighted by molar-refractivity contribution is -0.137. The Morgan fingerprint density at radius 3 is 2.77 bits per heavy atom. The Balaban J connectivity index is 1.49. The van der Waals surface area contributed by atoms with Crippen LogP contribution in [-0.4, -0.2) is 21.3 Å². The van der Waals surface area contributed by atoms with Crippen molar-refractivity contribution in [1.82, 2.24) is 4.72 Å². The van der Waals surface area contributed by atoms with E-state index in [1.807, 2.05) is 18.2 Å². The van der Waals surface area contributed by atoms with Gasteiger partial charge in [0, 0.05) is 12.5 Å². The van der Waals surface area contributed by atoms with Crippen LogP contribution in [-0.2, 0) is 16.1 Å². The molecule has 0 radical (unpaired) electrons. The van der Waals surface area contributed by atoms with Crippen molar-refractivity contribution in [2.24, 2.45) is 17.8 Å². The Labute approximate surface area is 157 Å². The average Bonchev–Trinajstić information content (AvgIpc) is 3.21. The highest BCUT2D eigenvalue weighted by Gasteiger charge is 2.47. The molecule has 0 heterocycles. The van der Waals surface area contributed by atoms with Gasteiger partial charge in [0.25, 0.3) is 11.3 Å². The molecule has 0 aromatic heterocycles. The lowest BCUT2D eigenvalue weighted by Crippen LogP contribution is -2.42. The molecule has 2 aliphatic carbocycles. The van der Waals surface area contributed by atoms with Gasteiger partial charge in [-0.15, -0.1) is 0 Å². The van der Waals surface area contributed by atoms with Crippen LogP contribution < -0.4 is 8.91 Å². The smallest absolute Gasteiger partial charge is 0.303 e. The number of carboxylic acids is 1. The maximum atomic E-state index is 12.4. The van der Waals surface area contributed by atoms with Crippen LogP contribution >= 0.6 is 0 Å². The summed E-state index contributed by atoms with van der Waals surface area (Å²) in [7, 11) is 0. The van der Waals surface area contributed by atoms with Crippen LogP contribution in [0.1, 0.15) is 44.9 Å². The number of para-hydroxylation sites is 1. The fourth-order valence-corrected chi connectivity index (χ4v) is 5.30. The summed E-state index contributed by atoms with van der Waals surface area (Å²) in [6.45, 7) is 0. The van der Waals surface area contributed by atoms with Crippen molar-refractivity contribution in [3.8, 4) is 5.75 Å². The second-order valence-electron chi connectivity index (χ2n) is 7.26. The summed E-state index contributed by atoms with van der Waals surface area (Å²) in [5.41, 5.74) is 0. The van der Waals surface area contributed by atoms with E-state index in [4.69, 9.17) is 9.29 Å². The predicted molar refractivity (Wildman–Crippen MR) is 102 cm³/mol. The van der Waals surface area contributed by atoms with Crippen LogP contribution in [0.2, 0.25) is 0 Å². The van der Waals surface area contributed by atoms with Gasteiger partial charge in [0.15, 0.2) is 0 Å². The molecule has 2 saturated carbocycles. The van der Waals surface area contributed by atoms with E-state index in [9.17, 15) is 9.00 Å². The number of hydrogen-bond donors (Lipinski definition) is 2. The summed E-state index contributed by atoms with van der Waals surface area (Å²) in [4.78, 5) is 10.5. The van der Waals surface area contributed by atoms with Crippen molar-refractivity contribution in [3.05, 3.63) is 42.5 Å². The first-order chi connectivity index (χ1) is 12.6. The van der Waals surface area contributed by atoms with Crippen LogP contribution in [0.4, 0.5) is 0 Å². The monoisotopic (exact) mass is 377 g/mol. The molecule has 26 heavy (non-hydrogen) atoms. The number of aliphatic carboxylic acids is 1. The molecule has 1 aromatic carbocycles. The third-order valence-corrected chi connectivity index (χ3v) is 6.38.